The molecule has 0 fully saturated rings. The van der Waals surface area contributed by atoms with Gasteiger partial charge in [0.05, 0.1) is 0 Å². The minimum atomic E-state index is 0.765. The van der Waals surface area contributed by atoms with E-state index in [0.717, 1.165) is 35.6 Å². The number of nitrogens with zero attached hydrogens (tertiary/aromatic N) is 5. The van der Waals surface area contributed by atoms with Crippen LogP contribution in [0, 0.1) is 0 Å². The summed E-state index contributed by atoms with van der Waals surface area (Å²) in [6.45, 7) is 2.53. The number of aryl methyl sites for hydroxylation is 1. The van der Waals surface area contributed by atoms with Crippen LogP contribution in [0.5, 0.6) is 0 Å². The third kappa shape index (κ3) is 4.38. The predicted octanol–water partition coefficient (Wildman–Crippen LogP) is 3.75. The Kier molecular flexibility index (Phi) is 5.95. The summed E-state index contributed by atoms with van der Waals surface area (Å²) in [5, 5.41) is 17.9. The average molecular weight is 413 g/mol. The number of rotatable bonds is 8. The van der Waals surface area contributed by atoms with E-state index in [1.165, 1.54) is 22.0 Å². The molecule has 0 aliphatic rings. The van der Waals surface area contributed by atoms with Gasteiger partial charge in [-0.15, -0.1) is 5.10 Å². The van der Waals surface area contributed by atoms with Gasteiger partial charge in [-0.3, -0.25) is 0 Å². The van der Waals surface area contributed by atoms with Gasteiger partial charge in [-0.25, -0.2) is 4.68 Å². The van der Waals surface area contributed by atoms with Crippen molar-refractivity contribution in [3.8, 4) is 0 Å². The molecule has 0 spiro atoms. The Labute approximate surface area is 172 Å². The zero-order valence-electron chi connectivity index (χ0n) is 15.5. The molecule has 0 saturated heterocycles. The van der Waals surface area contributed by atoms with Crippen molar-refractivity contribution in [3.63, 3.8) is 0 Å². The highest BCUT2D eigenvalue weighted by Gasteiger charge is 2.09. The van der Waals surface area contributed by atoms with Crippen LogP contribution in [0.1, 0.15) is 11.1 Å². The molecule has 6 nitrogen and oxygen atoms in total. The molecule has 0 saturated carbocycles. The molecular formula is C20H21ClN6S. The number of tetrazole rings is 1. The molecule has 8 heteroatoms. The van der Waals surface area contributed by atoms with Crippen molar-refractivity contribution in [2.45, 2.75) is 18.2 Å². The van der Waals surface area contributed by atoms with Crippen molar-refractivity contribution in [2.24, 2.45) is 7.05 Å². The van der Waals surface area contributed by atoms with E-state index in [-0.39, 0.29) is 0 Å². The molecule has 0 bridgehead atoms. The summed E-state index contributed by atoms with van der Waals surface area (Å²) in [7, 11) is 1.85. The van der Waals surface area contributed by atoms with Gasteiger partial charge >= 0.3 is 0 Å². The summed E-state index contributed by atoms with van der Waals surface area (Å²) >= 11 is 7.66. The van der Waals surface area contributed by atoms with Gasteiger partial charge in [0.1, 0.15) is 0 Å². The van der Waals surface area contributed by atoms with E-state index >= 15 is 0 Å². The van der Waals surface area contributed by atoms with Crippen LogP contribution < -0.4 is 5.32 Å². The number of benzene rings is 2. The lowest BCUT2D eigenvalue weighted by Gasteiger charge is -2.05. The summed E-state index contributed by atoms with van der Waals surface area (Å²) in [5.74, 6) is 0.914. The van der Waals surface area contributed by atoms with Gasteiger partial charge in [0.25, 0.3) is 0 Å². The second kappa shape index (κ2) is 8.77. The molecule has 144 valence electrons. The number of hydrogen-bond donors (Lipinski definition) is 1. The topological polar surface area (TPSA) is 60.6 Å². The Hall–Kier alpha value is -2.35. The molecule has 0 aliphatic heterocycles. The highest BCUT2D eigenvalue weighted by Crippen LogP contribution is 2.23. The summed E-state index contributed by atoms with van der Waals surface area (Å²) in [4.78, 5) is 0. The van der Waals surface area contributed by atoms with Crippen molar-refractivity contribution in [3.05, 3.63) is 70.9 Å². The van der Waals surface area contributed by atoms with E-state index in [4.69, 9.17) is 11.6 Å². The Balaban J connectivity index is 1.41. The Morgan fingerprint density at radius 3 is 2.71 bits per heavy atom. The van der Waals surface area contributed by atoms with Gasteiger partial charge in [-0.2, -0.15) is 0 Å². The van der Waals surface area contributed by atoms with Crippen LogP contribution in [0.2, 0.25) is 5.02 Å². The van der Waals surface area contributed by atoms with E-state index in [1.807, 2.05) is 19.2 Å². The van der Waals surface area contributed by atoms with E-state index < -0.39 is 0 Å². The standard InChI is InChI=1S/C20H21ClN6S/c1-26-20(23-24-25-26)28-11-10-22-12-16-14-27(19-5-3-2-4-18(16)19)13-15-6-8-17(21)9-7-15/h2-9,14,22H,10-13H2,1H3. The molecule has 0 atom stereocenters. The highest BCUT2D eigenvalue weighted by molar-refractivity contribution is 7.99. The molecule has 0 unspecified atom stereocenters. The van der Waals surface area contributed by atoms with Gasteiger partial charge in [0, 0.05) is 54.6 Å². The maximum absolute atomic E-state index is 6.01. The van der Waals surface area contributed by atoms with Gasteiger partial charge < -0.3 is 9.88 Å². The predicted molar refractivity (Wildman–Crippen MR) is 114 cm³/mol. The second-order valence-electron chi connectivity index (χ2n) is 6.54. The number of fused-ring (bicyclic) bond motifs is 1. The molecule has 2 aromatic heterocycles. The van der Waals surface area contributed by atoms with Crippen molar-refractivity contribution in [1.82, 2.24) is 30.1 Å². The third-order valence-corrected chi connectivity index (χ3v) is 5.81. The summed E-state index contributed by atoms with van der Waals surface area (Å²) in [5.41, 5.74) is 3.78. The van der Waals surface area contributed by atoms with Gasteiger partial charge in [-0.05, 0) is 39.8 Å². The van der Waals surface area contributed by atoms with Crippen LogP contribution in [0.15, 0.2) is 59.9 Å². The van der Waals surface area contributed by atoms with Gasteiger partial charge in [-0.1, -0.05) is 53.7 Å². The molecule has 0 amide bonds. The van der Waals surface area contributed by atoms with E-state index in [2.05, 4.69) is 68.0 Å². The molecule has 4 rings (SSSR count). The monoisotopic (exact) mass is 412 g/mol. The van der Waals surface area contributed by atoms with Crippen LogP contribution in [0.3, 0.4) is 0 Å². The smallest absolute Gasteiger partial charge is 0.209 e. The quantitative estimate of drug-likeness (QED) is 0.353. The lowest BCUT2D eigenvalue weighted by molar-refractivity contribution is 0.663. The van der Waals surface area contributed by atoms with Crippen molar-refractivity contribution < 1.29 is 0 Å². The zero-order valence-corrected chi connectivity index (χ0v) is 17.1. The van der Waals surface area contributed by atoms with E-state index in [9.17, 15) is 0 Å². The molecular weight excluding hydrogens is 392 g/mol. The largest absolute Gasteiger partial charge is 0.343 e. The molecule has 1 N–H and O–H groups in total. The normalized spacial score (nSPS) is 11.4. The van der Waals surface area contributed by atoms with Crippen molar-refractivity contribution in [2.75, 3.05) is 12.3 Å². The minimum absolute atomic E-state index is 0.765. The Morgan fingerprint density at radius 1 is 1.11 bits per heavy atom. The van der Waals surface area contributed by atoms with E-state index in [1.54, 1.807) is 16.4 Å². The zero-order chi connectivity index (χ0) is 19.3. The Bertz CT molecular complexity index is 1060. The molecule has 4 aromatic rings. The lowest BCUT2D eigenvalue weighted by atomic mass is 10.2. The first-order valence-electron chi connectivity index (χ1n) is 9.08. The van der Waals surface area contributed by atoms with E-state index in [0.29, 0.717) is 0 Å². The van der Waals surface area contributed by atoms with Crippen LogP contribution in [0.25, 0.3) is 10.9 Å². The Morgan fingerprint density at radius 2 is 1.93 bits per heavy atom. The fraction of sp³-hybridized carbons (Fsp3) is 0.250. The lowest BCUT2D eigenvalue weighted by Crippen LogP contribution is -2.16. The van der Waals surface area contributed by atoms with Gasteiger partial charge in [0.2, 0.25) is 5.16 Å². The number of halogens is 1. The molecule has 0 radical (unpaired) electrons. The molecule has 0 aliphatic carbocycles. The first-order valence-corrected chi connectivity index (χ1v) is 10.4. The molecule has 2 aromatic carbocycles. The summed E-state index contributed by atoms with van der Waals surface area (Å²) < 4.78 is 3.99. The fourth-order valence-corrected chi connectivity index (χ4v) is 4.03. The van der Waals surface area contributed by atoms with Crippen LogP contribution in [0.4, 0.5) is 0 Å². The number of para-hydroxylation sites is 1. The maximum atomic E-state index is 6.01. The first kappa shape index (κ1) is 19.0. The van der Waals surface area contributed by atoms with Crippen LogP contribution in [-0.4, -0.2) is 37.1 Å². The number of nitrogens with one attached hydrogen (secondary N) is 1. The number of thioether (sulfide) groups is 1. The van der Waals surface area contributed by atoms with Crippen LogP contribution in [-0.2, 0) is 20.1 Å². The SMILES string of the molecule is Cn1nnnc1SCCNCc1cn(Cc2ccc(Cl)cc2)c2ccccc12. The highest BCUT2D eigenvalue weighted by atomic mass is 35.5. The summed E-state index contributed by atoms with van der Waals surface area (Å²) in [6, 6.07) is 16.6. The number of aromatic nitrogens is 5. The fourth-order valence-electron chi connectivity index (χ4n) is 3.16. The first-order chi connectivity index (χ1) is 13.7. The van der Waals surface area contributed by atoms with Crippen molar-refractivity contribution in [1.29, 1.82) is 0 Å². The summed E-state index contributed by atoms with van der Waals surface area (Å²) in [6.07, 6.45) is 2.24. The average Bonchev–Trinajstić information content (AvgIpc) is 3.27. The van der Waals surface area contributed by atoms with Crippen LogP contribution >= 0.6 is 23.4 Å². The maximum Gasteiger partial charge on any atom is 0.209 e. The number of hydrogen-bond acceptors (Lipinski definition) is 5. The van der Waals surface area contributed by atoms with Gasteiger partial charge in [0.15, 0.2) is 0 Å². The molecule has 28 heavy (non-hydrogen) atoms. The molecule has 2 heterocycles. The third-order valence-electron chi connectivity index (χ3n) is 4.54. The minimum Gasteiger partial charge on any atom is -0.343 e. The van der Waals surface area contributed by atoms with Crippen molar-refractivity contribution >= 4 is 34.3 Å². The second-order valence-corrected chi connectivity index (χ2v) is 8.03.